The van der Waals surface area contributed by atoms with Crippen LogP contribution in [-0.2, 0) is 30.9 Å². The van der Waals surface area contributed by atoms with Gasteiger partial charge < -0.3 is 29.6 Å². The summed E-state index contributed by atoms with van der Waals surface area (Å²) in [4.78, 5) is 5.08. The topological polar surface area (TPSA) is 39.7 Å². The van der Waals surface area contributed by atoms with Gasteiger partial charge in [0.05, 0.1) is 24.6 Å². The largest absolute Gasteiger partial charge is 1.00 e. The predicted molar refractivity (Wildman–Crippen MR) is 127 cm³/mol. The summed E-state index contributed by atoms with van der Waals surface area (Å²) >= 11 is 0. The van der Waals surface area contributed by atoms with Gasteiger partial charge >= 0.3 is 0 Å². The fourth-order valence-corrected chi connectivity index (χ4v) is 5.24. The lowest BCUT2D eigenvalue weighted by atomic mass is 10.2. The van der Waals surface area contributed by atoms with E-state index in [1.165, 1.54) is 33.7 Å². The second-order valence-electron chi connectivity index (χ2n) is 8.78. The molecular weight excluding hydrogens is 481 g/mol. The molecule has 2 aromatic carbocycles. The van der Waals surface area contributed by atoms with Crippen molar-refractivity contribution in [2.75, 3.05) is 13.2 Å². The second-order valence-corrected chi connectivity index (χ2v) is 8.78. The first kappa shape index (κ1) is 25.2. The van der Waals surface area contributed by atoms with Gasteiger partial charge in [-0.05, 0) is 36.4 Å². The van der Waals surface area contributed by atoms with Gasteiger partial charge in [-0.1, -0.05) is 30.3 Å². The van der Waals surface area contributed by atoms with E-state index in [2.05, 4.69) is 98.8 Å². The number of ether oxygens (including phenoxy) is 1. The summed E-state index contributed by atoms with van der Waals surface area (Å²) in [5, 5.41) is 0. The monoisotopic (exact) mass is 509 g/mol. The van der Waals surface area contributed by atoms with Crippen LogP contribution in [0.5, 0.6) is 0 Å². The SMILES string of the molecule is Cc1n2c3ccccc3[n+]1Cc1cccc(n1)C[n+]1c(C)n(c3ccccc31)CCOCC2.[Cl-].[Cl-]. The van der Waals surface area contributed by atoms with Gasteiger partial charge in [0.15, 0.2) is 22.1 Å². The van der Waals surface area contributed by atoms with Crippen molar-refractivity contribution in [3.8, 4) is 0 Å². The van der Waals surface area contributed by atoms with Crippen LogP contribution < -0.4 is 33.9 Å². The molecule has 0 saturated heterocycles. The zero-order valence-corrected chi connectivity index (χ0v) is 21.5. The van der Waals surface area contributed by atoms with E-state index in [1.54, 1.807) is 0 Å². The molecule has 6 nitrogen and oxygen atoms in total. The molecule has 0 N–H and O–H groups in total. The smallest absolute Gasteiger partial charge is 0.254 e. The molecule has 0 aliphatic carbocycles. The van der Waals surface area contributed by atoms with E-state index < -0.39 is 0 Å². The number of hydrogen-bond donors (Lipinski definition) is 0. The number of halogens is 2. The number of nitrogens with zero attached hydrogens (tertiary/aromatic N) is 5. The summed E-state index contributed by atoms with van der Waals surface area (Å²) < 4.78 is 15.6. The van der Waals surface area contributed by atoms with Gasteiger partial charge in [0, 0.05) is 13.8 Å². The molecule has 4 heterocycles. The Hall–Kier alpha value is -2.93. The van der Waals surface area contributed by atoms with E-state index in [0.717, 1.165) is 37.6 Å². The Bertz CT molecular complexity index is 1380. The van der Waals surface area contributed by atoms with E-state index in [9.17, 15) is 0 Å². The molecule has 0 saturated carbocycles. The molecule has 8 heteroatoms. The van der Waals surface area contributed by atoms with Crippen LogP contribution in [0.3, 0.4) is 0 Å². The van der Waals surface area contributed by atoms with Crippen LogP contribution in [0, 0.1) is 13.8 Å². The Kier molecular flexibility index (Phi) is 7.45. The summed E-state index contributed by atoms with van der Waals surface area (Å²) in [7, 11) is 0. The molecule has 1 aliphatic heterocycles. The quantitative estimate of drug-likeness (QED) is 0.213. The number of imidazole rings is 2. The number of hydrogen-bond acceptors (Lipinski definition) is 2. The summed E-state index contributed by atoms with van der Waals surface area (Å²) in [6.45, 7) is 8.92. The number of fused-ring (bicyclic) bond motifs is 12. The van der Waals surface area contributed by atoms with Crippen LogP contribution in [-0.4, -0.2) is 27.3 Å². The zero-order chi connectivity index (χ0) is 22.4. The fourth-order valence-electron chi connectivity index (χ4n) is 5.24. The lowest BCUT2D eigenvalue weighted by Gasteiger charge is -2.07. The van der Waals surface area contributed by atoms with Crippen LogP contribution in [0.4, 0.5) is 0 Å². The van der Waals surface area contributed by atoms with Crippen LogP contribution in [0.25, 0.3) is 22.1 Å². The van der Waals surface area contributed by atoms with E-state index in [4.69, 9.17) is 9.72 Å². The Balaban J connectivity index is 0.00000144. The third kappa shape index (κ3) is 4.42. The van der Waals surface area contributed by atoms with Crippen LogP contribution >= 0.6 is 0 Å². The lowest BCUT2D eigenvalue weighted by molar-refractivity contribution is -0.671. The first-order valence-electron chi connectivity index (χ1n) is 11.7. The van der Waals surface area contributed by atoms with Crippen LogP contribution in [0.1, 0.15) is 23.0 Å². The summed E-state index contributed by atoms with van der Waals surface area (Å²) in [5.41, 5.74) is 7.11. The van der Waals surface area contributed by atoms with Gasteiger partial charge in [-0.25, -0.2) is 23.3 Å². The first-order valence-corrected chi connectivity index (χ1v) is 11.7. The molecule has 3 aromatic heterocycles. The highest BCUT2D eigenvalue weighted by Crippen LogP contribution is 2.17. The number of benzene rings is 2. The minimum atomic E-state index is 0. The number of para-hydroxylation sites is 4. The van der Waals surface area contributed by atoms with Gasteiger partial charge in [0.1, 0.15) is 26.2 Å². The van der Waals surface area contributed by atoms with Gasteiger partial charge in [0.25, 0.3) is 11.6 Å². The van der Waals surface area contributed by atoms with Crippen molar-refractivity contribution in [1.29, 1.82) is 0 Å². The van der Waals surface area contributed by atoms with Crippen molar-refractivity contribution in [1.82, 2.24) is 14.1 Å². The minimum absolute atomic E-state index is 0. The van der Waals surface area contributed by atoms with Crippen molar-refractivity contribution in [3.05, 3.63) is 89.8 Å². The maximum Gasteiger partial charge on any atom is 0.254 e. The highest BCUT2D eigenvalue weighted by atomic mass is 35.5. The van der Waals surface area contributed by atoms with Crippen molar-refractivity contribution >= 4 is 22.1 Å². The molecule has 6 bridgehead atoms. The lowest BCUT2D eigenvalue weighted by Crippen LogP contribution is -3.00. The predicted octanol–water partition coefficient (Wildman–Crippen LogP) is -2.68. The standard InChI is InChI=1S/C27H29N5O.2ClH/c1-20-29-14-16-33-17-15-30-21(2)32(27-13-6-4-11-25(27)30)19-23-9-7-8-22(28-23)18-31(20)26-12-5-3-10-24(26)29;;/h3-13H,14-19H2,1-2H3;2*1H/q+2;;/p-2. The summed E-state index contributed by atoms with van der Waals surface area (Å²) in [5.74, 6) is 2.45. The maximum absolute atomic E-state index is 6.14. The molecule has 182 valence electrons. The van der Waals surface area contributed by atoms with Crippen molar-refractivity contribution in [2.24, 2.45) is 0 Å². The zero-order valence-electron chi connectivity index (χ0n) is 20.0. The van der Waals surface area contributed by atoms with Gasteiger partial charge in [-0.3, -0.25) is 0 Å². The highest BCUT2D eigenvalue weighted by molar-refractivity contribution is 5.73. The molecule has 0 unspecified atom stereocenters. The molecule has 0 spiro atoms. The molecule has 0 fully saturated rings. The van der Waals surface area contributed by atoms with Crippen molar-refractivity contribution in [2.45, 2.75) is 40.0 Å². The second kappa shape index (κ2) is 10.4. The van der Waals surface area contributed by atoms with Crippen LogP contribution in [0.15, 0.2) is 66.7 Å². The first-order chi connectivity index (χ1) is 16.2. The maximum atomic E-state index is 6.14. The number of pyridine rings is 1. The molecule has 6 rings (SSSR count). The Morgan fingerprint density at radius 3 is 1.60 bits per heavy atom. The molecule has 5 aromatic rings. The average Bonchev–Trinajstić information content (AvgIpc) is 3.25. The van der Waals surface area contributed by atoms with E-state index in [-0.39, 0.29) is 24.8 Å². The Morgan fingerprint density at radius 2 is 1.11 bits per heavy atom. The third-order valence-electron chi connectivity index (χ3n) is 6.91. The Morgan fingerprint density at radius 1 is 0.657 bits per heavy atom. The minimum Gasteiger partial charge on any atom is -1.00 e. The van der Waals surface area contributed by atoms with Gasteiger partial charge in [-0.2, -0.15) is 0 Å². The molecular formula is C27H29Cl2N5O. The molecule has 1 aliphatic rings. The van der Waals surface area contributed by atoms with E-state index >= 15 is 0 Å². The third-order valence-corrected chi connectivity index (χ3v) is 6.91. The van der Waals surface area contributed by atoms with Crippen LogP contribution in [0.2, 0.25) is 0 Å². The number of rotatable bonds is 0. The van der Waals surface area contributed by atoms with Gasteiger partial charge in [-0.15, -0.1) is 0 Å². The molecule has 0 radical (unpaired) electrons. The van der Waals surface area contributed by atoms with E-state index in [0.29, 0.717) is 13.2 Å². The normalized spacial score (nSPS) is 13.9. The van der Waals surface area contributed by atoms with E-state index in [1.807, 2.05) is 0 Å². The molecule has 0 amide bonds. The molecule has 35 heavy (non-hydrogen) atoms. The Labute approximate surface area is 217 Å². The van der Waals surface area contributed by atoms with Gasteiger partial charge in [0.2, 0.25) is 0 Å². The summed E-state index contributed by atoms with van der Waals surface area (Å²) in [6.07, 6.45) is 0. The number of aromatic nitrogens is 5. The van der Waals surface area contributed by atoms with Crippen molar-refractivity contribution in [3.63, 3.8) is 0 Å². The summed E-state index contributed by atoms with van der Waals surface area (Å²) in [6, 6.07) is 23.6. The molecule has 0 atom stereocenters. The van der Waals surface area contributed by atoms with Crippen molar-refractivity contribution < 1.29 is 38.7 Å². The fraction of sp³-hybridized carbons (Fsp3) is 0.296. The average molecular weight is 510 g/mol. The highest BCUT2D eigenvalue weighted by Gasteiger charge is 2.24.